The summed E-state index contributed by atoms with van der Waals surface area (Å²) in [7, 11) is 0. The van der Waals surface area contributed by atoms with Crippen molar-refractivity contribution in [2.45, 2.75) is 12.8 Å². The molecule has 1 aromatic heterocycles. The van der Waals surface area contributed by atoms with Crippen LogP contribution in [0.1, 0.15) is 21.8 Å². The summed E-state index contributed by atoms with van der Waals surface area (Å²) in [6.07, 6.45) is 0.940. The lowest BCUT2D eigenvalue weighted by molar-refractivity contribution is -0.384. The fourth-order valence-corrected chi connectivity index (χ4v) is 3.46. The van der Waals surface area contributed by atoms with Crippen molar-refractivity contribution in [3.05, 3.63) is 112 Å². The van der Waals surface area contributed by atoms with Crippen LogP contribution in [0.4, 0.5) is 10.1 Å². The Bertz CT molecular complexity index is 1280. The van der Waals surface area contributed by atoms with Crippen LogP contribution in [0.15, 0.2) is 83.4 Å². The first-order valence-electron chi connectivity index (χ1n) is 10.7. The van der Waals surface area contributed by atoms with Crippen LogP contribution < -0.4 is 0 Å². The lowest BCUT2D eigenvalue weighted by Crippen LogP contribution is -2.35. The highest BCUT2D eigenvalue weighted by Crippen LogP contribution is 2.20. The Morgan fingerprint density at radius 1 is 0.971 bits per heavy atom. The number of carbonyl (C=O) groups is 1. The number of amides is 1. The van der Waals surface area contributed by atoms with Gasteiger partial charge in [-0.05, 0) is 42.3 Å². The number of nitrogens with zero attached hydrogens (tertiary/aromatic N) is 4. The van der Waals surface area contributed by atoms with Crippen LogP contribution in [-0.4, -0.2) is 39.0 Å². The quantitative estimate of drug-likeness (QED) is 0.265. The molecule has 4 rings (SSSR count). The SMILES string of the molecule is O=C(c1cccc(F)c1)N(CCc1ccccc1)CCc1nc(-c2ccc([N+](=O)[O-])cc2)no1. The van der Waals surface area contributed by atoms with E-state index < -0.39 is 10.7 Å². The number of halogens is 1. The van der Waals surface area contributed by atoms with Crippen molar-refractivity contribution in [3.63, 3.8) is 0 Å². The Morgan fingerprint density at radius 2 is 1.71 bits per heavy atom. The van der Waals surface area contributed by atoms with Gasteiger partial charge in [0.05, 0.1) is 4.92 Å². The van der Waals surface area contributed by atoms with Crippen LogP contribution in [0.5, 0.6) is 0 Å². The average molecular weight is 460 g/mol. The molecule has 9 heteroatoms. The zero-order chi connectivity index (χ0) is 23.9. The summed E-state index contributed by atoms with van der Waals surface area (Å²) in [5.74, 6) is -0.133. The van der Waals surface area contributed by atoms with E-state index in [0.29, 0.717) is 43.2 Å². The van der Waals surface area contributed by atoms with Gasteiger partial charge in [0.25, 0.3) is 11.6 Å². The summed E-state index contributed by atoms with van der Waals surface area (Å²) < 4.78 is 19.0. The van der Waals surface area contributed by atoms with Crippen molar-refractivity contribution in [1.29, 1.82) is 0 Å². The van der Waals surface area contributed by atoms with Gasteiger partial charge in [-0.3, -0.25) is 14.9 Å². The van der Waals surface area contributed by atoms with Gasteiger partial charge in [-0.25, -0.2) is 4.39 Å². The number of aromatic nitrogens is 2. The zero-order valence-corrected chi connectivity index (χ0v) is 18.1. The lowest BCUT2D eigenvalue weighted by atomic mass is 10.1. The van der Waals surface area contributed by atoms with Crippen LogP contribution in [0, 0.1) is 15.9 Å². The fourth-order valence-electron chi connectivity index (χ4n) is 3.46. The van der Waals surface area contributed by atoms with Gasteiger partial charge in [0.1, 0.15) is 5.82 Å². The molecule has 0 saturated carbocycles. The van der Waals surface area contributed by atoms with Gasteiger partial charge in [0.2, 0.25) is 11.7 Å². The Morgan fingerprint density at radius 3 is 2.41 bits per heavy atom. The second-order valence-electron chi connectivity index (χ2n) is 7.60. The molecule has 0 aliphatic rings. The number of nitro groups is 1. The monoisotopic (exact) mass is 460 g/mol. The second-order valence-corrected chi connectivity index (χ2v) is 7.60. The van der Waals surface area contributed by atoms with Crippen LogP contribution >= 0.6 is 0 Å². The van der Waals surface area contributed by atoms with Gasteiger partial charge < -0.3 is 9.42 Å². The molecule has 8 nitrogen and oxygen atoms in total. The van der Waals surface area contributed by atoms with Gasteiger partial charge in [-0.15, -0.1) is 0 Å². The minimum absolute atomic E-state index is 0.0302. The van der Waals surface area contributed by atoms with Gasteiger partial charge in [0.15, 0.2) is 0 Å². The number of nitro benzene ring substituents is 1. The molecule has 0 bridgehead atoms. The minimum Gasteiger partial charge on any atom is -0.339 e. The predicted molar refractivity (Wildman–Crippen MR) is 123 cm³/mol. The lowest BCUT2D eigenvalue weighted by Gasteiger charge is -2.22. The average Bonchev–Trinajstić information content (AvgIpc) is 3.33. The molecule has 1 heterocycles. The Hall–Kier alpha value is -4.40. The van der Waals surface area contributed by atoms with Crippen molar-refractivity contribution >= 4 is 11.6 Å². The third-order valence-electron chi connectivity index (χ3n) is 5.27. The summed E-state index contributed by atoms with van der Waals surface area (Å²) >= 11 is 0. The summed E-state index contributed by atoms with van der Waals surface area (Å²) in [6.45, 7) is 0.729. The first-order chi connectivity index (χ1) is 16.5. The van der Waals surface area contributed by atoms with Gasteiger partial charge in [-0.2, -0.15) is 4.98 Å². The second kappa shape index (κ2) is 10.5. The third-order valence-corrected chi connectivity index (χ3v) is 5.27. The van der Waals surface area contributed by atoms with Crippen LogP contribution in [-0.2, 0) is 12.8 Å². The van der Waals surface area contributed by atoms with Crippen molar-refractivity contribution in [3.8, 4) is 11.4 Å². The number of hydrogen-bond donors (Lipinski definition) is 0. The van der Waals surface area contributed by atoms with E-state index in [1.54, 1.807) is 23.1 Å². The summed E-state index contributed by atoms with van der Waals surface area (Å²) in [4.78, 5) is 29.4. The van der Waals surface area contributed by atoms with Crippen molar-refractivity contribution in [2.75, 3.05) is 13.1 Å². The maximum atomic E-state index is 13.7. The number of carbonyl (C=O) groups excluding carboxylic acids is 1. The highest BCUT2D eigenvalue weighted by atomic mass is 19.1. The van der Waals surface area contributed by atoms with Crippen molar-refractivity contribution in [1.82, 2.24) is 15.0 Å². The first-order valence-corrected chi connectivity index (χ1v) is 10.7. The molecular formula is C25H21FN4O4. The molecule has 0 N–H and O–H groups in total. The molecule has 0 saturated heterocycles. The predicted octanol–water partition coefficient (Wildman–Crippen LogP) is 4.71. The van der Waals surface area contributed by atoms with E-state index in [9.17, 15) is 19.3 Å². The van der Waals surface area contributed by atoms with Crippen LogP contribution in [0.2, 0.25) is 0 Å². The largest absolute Gasteiger partial charge is 0.339 e. The summed E-state index contributed by atoms with van der Waals surface area (Å²) in [6, 6.07) is 21.2. The van der Waals surface area contributed by atoms with Crippen molar-refractivity contribution in [2.24, 2.45) is 0 Å². The van der Waals surface area contributed by atoms with Gasteiger partial charge >= 0.3 is 0 Å². The van der Waals surface area contributed by atoms with Gasteiger partial charge in [-0.1, -0.05) is 41.6 Å². The fraction of sp³-hybridized carbons (Fsp3) is 0.160. The molecule has 0 fully saturated rings. The molecule has 0 unspecified atom stereocenters. The van der Waals surface area contributed by atoms with E-state index in [4.69, 9.17) is 4.52 Å². The molecule has 1 amide bonds. The topological polar surface area (TPSA) is 102 Å². The molecular weight excluding hydrogens is 439 g/mol. The van der Waals surface area contributed by atoms with E-state index in [1.165, 1.54) is 30.3 Å². The standard InChI is InChI=1S/C25H21FN4O4/c26-21-8-4-7-20(17-21)25(31)29(15-13-18-5-2-1-3-6-18)16-14-23-27-24(28-34-23)19-9-11-22(12-10-19)30(32)33/h1-12,17H,13-16H2. The Balaban J connectivity index is 1.46. The van der Waals surface area contributed by atoms with Gasteiger partial charge in [0, 0.05) is 42.8 Å². The first kappa shape index (κ1) is 22.8. The molecule has 0 aliphatic heterocycles. The van der Waals surface area contributed by atoms with Crippen LogP contribution in [0.3, 0.4) is 0 Å². The minimum atomic E-state index is -0.481. The van der Waals surface area contributed by atoms with E-state index in [0.717, 1.165) is 5.56 Å². The Kier molecular flexibility index (Phi) is 7.02. The number of rotatable bonds is 9. The summed E-state index contributed by atoms with van der Waals surface area (Å²) in [5.41, 5.74) is 1.90. The smallest absolute Gasteiger partial charge is 0.269 e. The molecule has 0 spiro atoms. The molecule has 3 aromatic carbocycles. The molecule has 0 aliphatic carbocycles. The maximum absolute atomic E-state index is 13.7. The van der Waals surface area contributed by atoms with Crippen molar-refractivity contribution < 1.29 is 18.6 Å². The molecule has 172 valence electrons. The van der Waals surface area contributed by atoms with E-state index in [2.05, 4.69) is 10.1 Å². The van der Waals surface area contributed by atoms with E-state index in [-0.39, 0.29) is 17.2 Å². The van der Waals surface area contributed by atoms with E-state index in [1.807, 2.05) is 30.3 Å². The number of non-ortho nitro benzene ring substituents is 1. The van der Waals surface area contributed by atoms with Crippen LogP contribution in [0.25, 0.3) is 11.4 Å². The highest BCUT2D eigenvalue weighted by molar-refractivity contribution is 5.94. The maximum Gasteiger partial charge on any atom is 0.269 e. The number of benzene rings is 3. The zero-order valence-electron chi connectivity index (χ0n) is 18.1. The molecule has 4 aromatic rings. The highest BCUT2D eigenvalue weighted by Gasteiger charge is 2.18. The third kappa shape index (κ3) is 5.69. The Labute approximate surface area is 194 Å². The normalized spacial score (nSPS) is 10.7. The van der Waals surface area contributed by atoms with E-state index >= 15 is 0 Å². The molecule has 0 atom stereocenters. The summed E-state index contributed by atoms with van der Waals surface area (Å²) in [5, 5.41) is 14.8. The molecule has 0 radical (unpaired) electrons. The number of hydrogen-bond acceptors (Lipinski definition) is 6. The molecule has 34 heavy (non-hydrogen) atoms.